The lowest BCUT2D eigenvalue weighted by molar-refractivity contribution is 0.537. The highest BCUT2D eigenvalue weighted by Crippen LogP contribution is 2.29. The molecule has 0 fully saturated rings. The molecule has 1 aromatic heterocycles. The minimum Gasteiger partial charge on any atom is -0.334 e. The molecule has 0 radical (unpaired) electrons. The second-order valence-corrected chi connectivity index (χ2v) is 4.86. The Bertz CT molecular complexity index is 294. The summed E-state index contributed by atoms with van der Waals surface area (Å²) in [6.45, 7) is 8.58. The number of aromatic nitrogens is 2. The SMILES string of the molecule is Cc1nc(Br)c(C(C)(C)C)n1C. The van der Waals surface area contributed by atoms with Gasteiger partial charge in [0.2, 0.25) is 0 Å². The molecule has 0 atom stereocenters. The minimum absolute atomic E-state index is 0.148. The van der Waals surface area contributed by atoms with E-state index in [1.165, 1.54) is 5.69 Å². The van der Waals surface area contributed by atoms with Crippen molar-refractivity contribution in [3.8, 4) is 0 Å². The first-order chi connectivity index (χ1) is 5.34. The molecule has 0 amide bonds. The van der Waals surface area contributed by atoms with Crippen LogP contribution in [0.4, 0.5) is 0 Å². The van der Waals surface area contributed by atoms with Crippen molar-refractivity contribution >= 4 is 15.9 Å². The number of rotatable bonds is 0. The molecule has 0 N–H and O–H groups in total. The normalized spacial score (nSPS) is 12.2. The average molecular weight is 231 g/mol. The van der Waals surface area contributed by atoms with Crippen LogP contribution in [-0.4, -0.2) is 9.55 Å². The molecule has 0 spiro atoms. The zero-order valence-corrected chi connectivity index (χ0v) is 9.86. The van der Waals surface area contributed by atoms with Gasteiger partial charge in [0.25, 0.3) is 0 Å². The molecule has 12 heavy (non-hydrogen) atoms. The van der Waals surface area contributed by atoms with E-state index in [0.717, 1.165) is 10.4 Å². The fourth-order valence-electron chi connectivity index (χ4n) is 1.38. The summed E-state index contributed by atoms with van der Waals surface area (Å²) >= 11 is 3.47. The molecular weight excluding hydrogens is 216 g/mol. The predicted molar refractivity (Wildman–Crippen MR) is 54.3 cm³/mol. The summed E-state index contributed by atoms with van der Waals surface area (Å²) in [4.78, 5) is 4.36. The fraction of sp³-hybridized carbons (Fsp3) is 0.667. The van der Waals surface area contributed by atoms with E-state index >= 15 is 0 Å². The fourth-order valence-corrected chi connectivity index (χ4v) is 2.50. The topological polar surface area (TPSA) is 17.8 Å². The van der Waals surface area contributed by atoms with Crippen LogP contribution in [0.1, 0.15) is 32.3 Å². The Kier molecular flexibility index (Phi) is 2.34. The molecule has 68 valence electrons. The maximum atomic E-state index is 4.36. The van der Waals surface area contributed by atoms with Crippen LogP contribution in [0.25, 0.3) is 0 Å². The van der Waals surface area contributed by atoms with Crippen LogP contribution in [0.3, 0.4) is 0 Å². The van der Waals surface area contributed by atoms with E-state index in [2.05, 4.69) is 46.3 Å². The first-order valence-corrected chi connectivity index (χ1v) is 4.82. The molecule has 1 heterocycles. The second kappa shape index (κ2) is 2.87. The largest absolute Gasteiger partial charge is 0.334 e. The van der Waals surface area contributed by atoms with Gasteiger partial charge in [-0.1, -0.05) is 20.8 Å². The molecule has 2 nitrogen and oxygen atoms in total. The van der Waals surface area contributed by atoms with Crippen molar-refractivity contribution in [1.82, 2.24) is 9.55 Å². The molecule has 0 aromatic carbocycles. The van der Waals surface area contributed by atoms with Crippen molar-refractivity contribution in [3.05, 3.63) is 16.1 Å². The first kappa shape index (κ1) is 9.78. The molecule has 0 saturated heterocycles. The highest BCUT2D eigenvalue weighted by atomic mass is 79.9. The van der Waals surface area contributed by atoms with Crippen molar-refractivity contribution in [3.63, 3.8) is 0 Å². The van der Waals surface area contributed by atoms with Crippen molar-refractivity contribution in [2.45, 2.75) is 33.1 Å². The standard InChI is InChI=1S/C9H15BrN2/c1-6-11-8(10)7(12(6)5)9(2,3)4/h1-5H3. The zero-order chi connectivity index (χ0) is 9.52. The Morgan fingerprint density at radius 3 is 2.00 bits per heavy atom. The van der Waals surface area contributed by atoms with Crippen LogP contribution in [0, 0.1) is 6.92 Å². The van der Waals surface area contributed by atoms with Gasteiger partial charge in [0.05, 0.1) is 5.69 Å². The molecular formula is C9H15BrN2. The van der Waals surface area contributed by atoms with Gasteiger partial charge in [0.15, 0.2) is 0 Å². The summed E-state index contributed by atoms with van der Waals surface area (Å²) in [6.07, 6.45) is 0. The molecule has 1 rings (SSSR count). The van der Waals surface area contributed by atoms with Gasteiger partial charge in [-0.3, -0.25) is 0 Å². The Hall–Kier alpha value is -0.310. The number of hydrogen-bond donors (Lipinski definition) is 0. The van der Waals surface area contributed by atoms with Gasteiger partial charge >= 0.3 is 0 Å². The van der Waals surface area contributed by atoms with Crippen LogP contribution >= 0.6 is 15.9 Å². The summed E-state index contributed by atoms with van der Waals surface area (Å²) in [5.74, 6) is 1.05. The molecule has 1 aromatic rings. The summed E-state index contributed by atoms with van der Waals surface area (Å²) in [7, 11) is 2.05. The van der Waals surface area contributed by atoms with E-state index in [1.54, 1.807) is 0 Å². The van der Waals surface area contributed by atoms with Crippen molar-refractivity contribution in [1.29, 1.82) is 0 Å². The van der Waals surface area contributed by atoms with Gasteiger partial charge in [-0.15, -0.1) is 0 Å². The monoisotopic (exact) mass is 230 g/mol. The van der Waals surface area contributed by atoms with Gasteiger partial charge in [-0.05, 0) is 22.9 Å². The molecule has 0 aliphatic heterocycles. The third-order valence-electron chi connectivity index (χ3n) is 1.99. The average Bonchev–Trinajstić information content (AvgIpc) is 2.05. The number of imidazole rings is 1. The Morgan fingerprint density at radius 1 is 1.33 bits per heavy atom. The summed E-state index contributed by atoms with van der Waals surface area (Å²) in [5.41, 5.74) is 1.40. The third kappa shape index (κ3) is 1.56. The maximum Gasteiger partial charge on any atom is 0.128 e. The molecule has 3 heteroatoms. The van der Waals surface area contributed by atoms with E-state index in [-0.39, 0.29) is 5.41 Å². The summed E-state index contributed by atoms with van der Waals surface area (Å²) in [5, 5.41) is 0. The Labute approximate surface area is 82.1 Å². The van der Waals surface area contributed by atoms with Gasteiger partial charge in [-0.2, -0.15) is 0 Å². The van der Waals surface area contributed by atoms with Gasteiger partial charge in [0, 0.05) is 12.5 Å². The van der Waals surface area contributed by atoms with Crippen LogP contribution in [0.15, 0.2) is 4.60 Å². The number of halogens is 1. The Balaban J connectivity index is 3.32. The van der Waals surface area contributed by atoms with Crippen LogP contribution in [0.5, 0.6) is 0 Å². The van der Waals surface area contributed by atoms with Crippen molar-refractivity contribution in [2.75, 3.05) is 0 Å². The van der Waals surface area contributed by atoms with E-state index in [0.29, 0.717) is 0 Å². The molecule has 0 aliphatic carbocycles. The molecule has 0 unspecified atom stereocenters. The highest BCUT2D eigenvalue weighted by Gasteiger charge is 2.22. The number of nitrogens with zero attached hydrogens (tertiary/aromatic N) is 2. The molecule has 0 saturated carbocycles. The van der Waals surface area contributed by atoms with Crippen LogP contribution in [-0.2, 0) is 12.5 Å². The van der Waals surface area contributed by atoms with E-state index in [9.17, 15) is 0 Å². The third-order valence-corrected chi connectivity index (χ3v) is 2.54. The summed E-state index contributed by atoms with van der Waals surface area (Å²) < 4.78 is 3.10. The second-order valence-electron chi connectivity index (χ2n) is 4.11. The lowest BCUT2D eigenvalue weighted by Crippen LogP contribution is -2.16. The zero-order valence-electron chi connectivity index (χ0n) is 8.27. The summed E-state index contributed by atoms with van der Waals surface area (Å²) in [6, 6.07) is 0. The molecule has 0 bridgehead atoms. The van der Waals surface area contributed by atoms with E-state index in [4.69, 9.17) is 0 Å². The number of hydrogen-bond acceptors (Lipinski definition) is 1. The predicted octanol–water partition coefficient (Wildman–Crippen LogP) is 2.79. The molecule has 0 aliphatic rings. The van der Waals surface area contributed by atoms with Gasteiger partial charge in [-0.25, -0.2) is 4.98 Å². The quantitative estimate of drug-likeness (QED) is 0.671. The highest BCUT2D eigenvalue weighted by molar-refractivity contribution is 9.10. The van der Waals surface area contributed by atoms with Gasteiger partial charge < -0.3 is 4.57 Å². The smallest absolute Gasteiger partial charge is 0.128 e. The van der Waals surface area contributed by atoms with Gasteiger partial charge in [0.1, 0.15) is 10.4 Å². The van der Waals surface area contributed by atoms with Crippen LogP contribution in [0.2, 0.25) is 0 Å². The lowest BCUT2D eigenvalue weighted by Gasteiger charge is -2.19. The maximum absolute atomic E-state index is 4.36. The first-order valence-electron chi connectivity index (χ1n) is 4.03. The lowest BCUT2D eigenvalue weighted by atomic mass is 9.93. The van der Waals surface area contributed by atoms with Crippen molar-refractivity contribution < 1.29 is 0 Å². The van der Waals surface area contributed by atoms with Crippen molar-refractivity contribution in [2.24, 2.45) is 7.05 Å². The van der Waals surface area contributed by atoms with E-state index in [1.807, 2.05) is 14.0 Å². The van der Waals surface area contributed by atoms with Crippen LogP contribution < -0.4 is 0 Å². The van der Waals surface area contributed by atoms with E-state index < -0.39 is 0 Å². The minimum atomic E-state index is 0.148. The number of aryl methyl sites for hydroxylation is 1. The Morgan fingerprint density at radius 2 is 1.83 bits per heavy atom.